The lowest BCUT2D eigenvalue weighted by atomic mass is 10.0. The molecule has 118 valence electrons. The summed E-state index contributed by atoms with van der Waals surface area (Å²) in [6.07, 6.45) is 0.820. The Bertz CT molecular complexity index is 622. The fraction of sp³-hybridized carbons (Fsp3) is 0.412. The molecule has 0 saturated carbocycles. The van der Waals surface area contributed by atoms with Gasteiger partial charge >= 0.3 is 0 Å². The van der Waals surface area contributed by atoms with Crippen molar-refractivity contribution in [3.8, 4) is 5.75 Å². The highest BCUT2D eigenvalue weighted by molar-refractivity contribution is 7.03. The van der Waals surface area contributed by atoms with Crippen molar-refractivity contribution in [2.75, 3.05) is 13.7 Å². The van der Waals surface area contributed by atoms with Gasteiger partial charge in [-0.1, -0.05) is 12.1 Å². The van der Waals surface area contributed by atoms with E-state index in [-0.39, 0.29) is 11.9 Å². The van der Waals surface area contributed by atoms with E-state index in [0.717, 1.165) is 17.9 Å². The van der Waals surface area contributed by atoms with Crippen LogP contribution < -0.4 is 4.74 Å². The minimum atomic E-state index is 0.0646. The minimum absolute atomic E-state index is 0.0646. The molecule has 1 aromatic carbocycles. The van der Waals surface area contributed by atoms with Crippen LogP contribution in [0.2, 0.25) is 0 Å². The Morgan fingerprint density at radius 2 is 2.05 bits per heavy atom. The SMILES string of the molecule is CCN(C(=O)c1csnc1C)C(C)Cc1ccc(OC)cc1. The lowest BCUT2D eigenvalue weighted by Crippen LogP contribution is -2.39. The Kier molecular flexibility index (Phi) is 5.55. The molecule has 4 nitrogen and oxygen atoms in total. The molecule has 22 heavy (non-hydrogen) atoms. The highest BCUT2D eigenvalue weighted by atomic mass is 32.1. The van der Waals surface area contributed by atoms with Gasteiger partial charge < -0.3 is 9.64 Å². The number of hydrogen-bond donors (Lipinski definition) is 0. The average molecular weight is 318 g/mol. The lowest BCUT2D eigenvalue weighted by Gasteiger charge is -2.28. The van der Waals surface area contributed by atoms with Crippen molar-refractivity contribution in [3.63, 3.8) is 0 Å². The van der Waals surface area contributed by atoms with Gasteiger partial charge in [-0.25, -0.2) is 0 Å². The maximum atomic E-state index is 12.7. The summed E-state index contributed by atoms with van der Waals surface area (Å²) in [4.78, 5) is 14.6. The number of hydrogen-bond acceptors (Lipinski definition) is 4. The normalized spacial score (nSPS) is 12.0. The molecule has 0 N–H and O–H groups in total. The summed E-state index contributed by atoms with van der Waals surface area (Å²) in [6.45, 7) is 6.66. The summed E-state index contributed by atoms with van der Waals surface area (Å²) >= 11 is 1.33. The zero-order valence-corrected chi connectivity index (χ0v) is 14.3. The number of aryl methyl sites for hydroxylation is 1. The molecule has 2 aromatic rings. The number of carbonyl (C=O) groups excluding carboxylic acids is 1. The molecule has 0 saturated heterocycles. The van der Waals surface area contributed by atoms with E-state index in [2.05, 4.69) is 11.3 Å². The third-order valence-electron chi connectivity index (χ3n) is 3.80. The Morgan fingerprint density at radius 1 is 1.36 bits per heavy atom. The molecule has 1 atom stereocenters. The monoisotopic (exact) mass is 318 g/mol. The summed E-state index contributed by atoms with van der Waals surface area (Å²) in [5.74, 6) is 0.912. The van der Waals surface area contributed by atoms with Crippen LogP contribution in [-0.2, 0) is 6.42 Å². The second-order valence-electron chi connectivity index (χ2n) is 5.31. The second-order valence-corrected chi connectivity index (χ2v) is 5.94. The number of likely N-dealkylation sites (N-methyl/N-ethyl adjacent to an activating group) is 1. The molecule has 0 fully saturated rings. The molecule has 0 aliphatic carbocycles. The third kappa shape index (κ3) is 3.65. The average Bonchev–Trinajstić information content (AvgIpc) is 2.94. The summed E-state index contributed by atoms with van der Waals surface area (Å²) < 4.78 is 9.37. The second kappa shape index (κ2) is 7.40. The number of rotatable bonds is 6. The number of amides is 1. The van der Waals surface area contributed by atoms with Crippen LogP contribution in [0.15, 0.2) is 29.6 Å². The van der Waals surface area contributed by atoms with Crippen molar-refractivity contribution >= 4 is 17.4 Å². The van der Waals surface area contributed by atoms with E-state index >= 15 is 0 Å². The topological polar surface area (TPSA) is 42.4 Å². The van der Waals surface area contributed by atoms with E-state index in [1.807, 2.05) is 48.4 Å². The molecule has 0 aliphatic heterocycles. The maximum Gasteiger partial charge on any atom is 0.256 e. The van der Waals surface area contributed by atoms with Crippen LogP contribution >= 0.6 is 11.5 Å². The number of benzene rings is 1. The molecule has 0 aliphatic rings. The molecule has 1 aromatic heterocycles. The standard InChI is InChI=1S/C17H22N2O2S/c1-5-19(17(20)16-11-22-18-13(16)3)12(2)10-14-6-8-15(21-4)9-7-14/h6-9,11-12H,5,10H2,1-4H3. The molecule has 1 heterocycles. The van der Waals surface area contributed by atoms with Gasteiger partial charge in [-0.05, 0) is 56.4 Å². The van der Waals surface area contributed by atoms with Crippen LogP contribution in [0, 0.1) is 6.92 Å². The van der Waals surface area contributed by atoms with Crippen LogP contribution in [0.25, 0.3) is 0 Å². The zero-order chi connectivity index (χ0) is 16.1. The predicted octanol–water partition coefficient (Wildman–Crippen LogP) is 3.55. The van der Waals surface area contributed by atoms with Crippen molar-refractivity contribution in [3.05, 3.63) is 46.5 Å². The van der Waals surface area contributed by atoms with Crippen molar-refractivity contribution in [2.24, 2.45) is 0 Å². The molecular formula is C17H22N2O2S. The Balaban J connectivity index is 2.09. The molecular weight excluding hydrogens is 296 g/mol. The first-order valence-electron chi connectivity index (χ1n) is 7.41. The van der Waals surface area contributed by atoms with Gasteiger partial charge in [-0.3, -0.25) is 4.79 Å². The number of carbonyl (C=O) groups is 1. The van der Waals surface area contributed by atoms with E-state index in [1.165, 1.54) is 17.1 Å². The van der Waals surface area contributed by atoms with E-state index in [1.54, 1.807) is 7.11 Å². The Hall–Kier alpha value is -1.88. The highest BCUT2D eigenvalue weighted by Crippen LogP contribution is 2.18. The summed E-state index contributed by atoms with van der Waals surface area (Å²) in [5.41, 5.74) is 2.72. The molecule has 1 amide bonds. The van der Waals surface area contributed by atoms with Gasteiger partial charge in [0.05, 0.1) is 18.4 Å². The number of ether oxygens (including phenoxy) is 1. The molecule has 1 unspecified atom stereocenters. The minimum Gasteiger partial charge on any atom is -0.497 e. The molecule has 2 rings (SSSR count). The molecule has 0 bridgehead atoms. The van der Waals surface area contributed by atoms with Crippen LogP contribution in [0.5, 0.6) is 5.75 Å². The summed E-state index contributed by atoms with van der Waals surface area (Å²) in [6, 6.07) is 8.13. The summed E-state index contributed by atoms with van der Waals surface area (Å²) in [5, 5.41) is 1.83. The first kappa shape index (κ1) is 16.5. The van der Waals surface area contributed by atoms with E-state index < -0.39 is 0 Å². The number of methoxy groups -OCH3 is 1. The van der Waals surface area contributed by atoms with Crippen molar-refractivity contribution < 1.29 is 9.53 Å². The molecule has 0 spiro atoms. The number of aromatic nitrogens is 1. The van der Waals surface area contributed by atoms with E-state index in [4.69, 9.17) is 4.74 Å². The third-order valence-corrected chi connectivity index (χ3v) is 4.52. The van der Waals surface area contributed by atoms with Gasteiger partial charge in [-0.15, -0.1) is 0 Å². The van der Waals surface area contributed by atoms with Gasteiger partial charge in [-0.2, -0.15) is 4.37 Å². The lowest BCUT2D eigenvalue weighted by molar-refractivity contribution is 0.0703. The van der Waals surface area contributed by atoms with Crippen LogP contribution in [0.1, 0.15) is 35.5 Å². The van der Waals surface area contributed by atoms with Crippen LogP contribution in [0.4, 0.5) is 0 Å². The van der Waals surface area contributed by atoms with Gasteiger partial charge in [0.25, 0.3) is 5.91 Å². The number of nitrogens with zero attached hydrogens (tertiary/aromatic N) is 2. The molecule has 0 radical (unpaired) electrons. The van der Waals surface area contributed by atoms with Crippen molar-refractivity contribution in [2.45, 2.75) is 33.2 Å². The Morgan fingerprint density at radius 3 is 2.55 bits per heavy atom. The quantitative estimate of drug-likeness (QED) is 0.818. The van der Waals surface area contributed by atoms with Gasteiger partial charge in [0.1, 0.15) is 5.75 Å². The van der Waals surface area contributed by atoms with Gasteiger partial charge in [0, 0.05) is 18.0 Å². The highest BCUT2D eigenvalue weighted by Gasteiger charge is 2.22. The van der Waals surface area contributed by atoms with E-state index in [0.29, 0.717) is 12.1 Å². The Labute approximate surface area is 135 Å². The van der Waals surface area contributed by atoms with Crippen LogP contribution in [-0.4, -0.2) is 34.9 Å². The van der Waals surface area contributed by atoms with Crippen molar-refractivity contribution in [1.29, 1.82) is 0 Å². The largest absolute Gasteiger partial charge is 0.497 e. The maximum absolute atomic E-state index is 12.7. The zero-order valence-electron chi connectivity index (χ0n) is 13.5. The first-order valence-corrected chi connectivity index (χ1v) is 8.25. The van der Waals surface area contributed by atoms with E-state index in [9.17, 15) is 4.79 Å². The van der Waals surface area contributed by atoms with Gasteiger partial charge in [0.15, 0.2) is 0 Å². The fourth-order valence-corrected chi connectivity index (χ4v) is 3.21. The fourth-order valence-electron chi connectivity index (χ4n) is 2.52. The van der Waals surface area contributed by atoms with Gasteiger partial charge in [0.2, 0.25) is 0 Å². The molecule has 5 heteroatoms. The predicted molar refractivity (Wildman–Crippen MR) is 89.7 cm³/mol. The van der Waals surface area contributed by atoms with Crippen molar-refractivity contribution in [1.82, 2.24) is 9.27 Å². The smallest absolute Gasteiger partial charge is 0.256 e. The van der Waals surface area contributed by atoms with Crippen LogP contribution in [0.3, 0.4) is 0 Å². The summed E-state index contributed by atoms with van der Waals surface area (Å²) in [7, 11) is 1.66. The first-order chi connectivity index (χ1) is 10.6.